The van der Waals surface area contributed by atoms with Crippen molar-refractivity contribution in [1.29, 1.82) is 0 Å². The Hall–Kier alpha value is -0.570. The predicted molar refractivity (Wildman–Crippen MR) is 77.0 cm³/mol. The van der Waals surface area contributed by atoms with Crippen LogP contribution in [-0.2, 0) is 4.79 Å². The van der Waals surface area contributed by atoms with Gasteiger partial charge in [0.15, 0.2) is 0 Å². The first-order chi connectivity index (χ1) is 9.34. The van der Waals surface area contributed by atoms with E-state index >= 15 is 0 Å². The first-order valence-corrected chi connectivity index (χ1v) is 8.37. The molecule has 2 aliphatic heterocycles. The molecule has 0 aromatic heterocycles. The van der Waals surface area contributed by atoms with E-state index in [2.05, 4.69) is 10.2 Å². The van der Waals surface area contributed by atoms with Crippen LogP contribution in [-0.4, -0.2) is 36.0 Å². The number of nitrogens with one attached hydrogen (secondary N) is 1. The molecule has 3 aliphatic rings. The van der Waals surface area contributed by atoms with Crippen LogP contribution in [0.4, 0.5) is 0 Å². The number of nitrogens with zero attached hydrogens (tertiary/aromatic N) is 1. The van der Waals surface area contributed by atoms with Gasteiger partial charge in [0, 0.05) is 25.0 Å². The van der Waals surface area contributed by atoms with Crippen molar-refractivity contribution < 1.29 is 4.79 Å². The molecule has 3 rings (SSSR count). The fraction of sp³-hybridized carbons (Fsp3) is 0.938. The van der Waals surface area contributed by atoms with Gasteiger partial charge in [-0.3, -0.25) is 4.79 Å². The topological polar surface area (TPSA) is 32.3 Å². The summed E-state index contributed by atoms with van der Waals surface area (Å²) in [6.07, 6.45) is 12.5. The molecule has 3 heteroatoms. The fourth-order valence-electron chi connectivity index (χ4n) is 4.37. The predicted octanol–water partition coefficient (Wildman–Crippen LogP) is 2.70. The average Bonchev–Trinajstić information content (AvgIpc) is 3.10. The van der Waals surface area contributed by atoms with Crippen LogP contribution in [0.5, 0.6) is 0 Å². The first-order valence-electron chi connectivity index (χ1n) is 8.37. The monoisotopic (exact) mass is 264 g/mol. The molecule has 1 amide bonds. The lowest BCUT2D eigenvalue weighted by molar-refractivity contribution is -0.133. The van der Waals surface area contributed by atoms with Crippen molar-refractivity contribution in [3.05, 3.63) is 0 Å². The molecule has 2 atom stereocenters. The standard InChI is InChI=1S/C16H28N2O/c19-16(12-14-8-4-10-17-14)18-11-5-9-15(18)13-6-2-1-3-7-13/h13-15,17H,1-12H2. The van der Waals surface area contributed by atoms with Gasteiger partial charge in [-0.25, -0.2) is 0 Å². The minimum absolute atomic E-state index is 0.424. The van der Waals surface area contributed by atoms with E-state index in [1.54, 1.807) is 0 Å². The van der Waals surface area contributed by atoms with Crippen LogP contribution in [0.2, 0.25) is 0 Å². The third-order valence-corrected chi connectivity index (χ3v) is 5.40. The van der Waals surface area contributed by atoms with E-state index in [9.17, 15) is 4.79 Å². The van der Waals surface area contributed by atoms with Gasteiger partial charge in [-0.05, 0) is 51.0 Å². The Morgan fingerprint density at radius 1 is 1.00 bits per heavy atom. The molecule has 1 N–H and O–H groups in total. The minimum atomic E-state index is 0.424. The zero-order valence-corrected chi connectivity index (χ0v) is 12.1. The van der Waals surface area contributed by atoms with Crippen molar-refractivity contribution in [3.63, 3.8) is 0 Å². The smallest absolute Gasteiger partial charge is 0.224 e. The van der Waals surface area contributed by atoms with E-state index in [0.717, 1.165) is 25.4 Å². The number of hydrogen-bond acceptors (Lipinski definition) is 2. The van der Waals surface area contributed by atoms with Gasteiger partial charge in [-0.15, -0.1) is 0 Å². The fourth-order valence-corrected chi connectivity index (χ4v) is 4.37. The summed E-state index contributed by atoms with van der Waals surface area (Å²) in [6.45, 7) is 2.12. The van der Waals surface area contributed by atoms with Crippen molar-refractivity contribution in [3.8, 4) is 0 Å². The molecule has 108 valence electrons. The Morgan fingerprint density at radius 3 is 2.58 bits per heavy atom. The highest BCUT2D eigenvalue weighted by molar-refractivity contribution is 5.77. The van der Waals surface area contributed by atoms with Crippen LogP contribution < -0.4 is 5.32 Å². The van der Waals surface area contributed by atoms with Gasteiger partial charge in [0.25, 0.3) is 0 Å². The number of carbonyl (C=O) groups is 1. The molecule has 3 fully saturated rings. The average molecular weight is 264 g/mol. The largest absolute Gasteiger partial charge is 0.339 e. The highest BCUT2D eigenvalue weighted by Crippen LogP contribution is 2.34. The third kappa shape index (κ3) is 3.13. The molecule has 1 aliphatic carbocycles. The first kappa shape index (κ1) is 13.4. The summed E-state index contributed by atoms with van der Waals surface area (Å²) in [7, 11) is 0. The Morgan fingerprint density at radius 2 is 1.84 bits per heavy atom. The minimum Gasteiger partial charge on any atom is -0.339 e. The number of likely N-dealkylation sites (tertiary alicyclic amines) is 1. The molecule has 0 aromatic carbocycles. The van der Waals surface area contributed by atoms with Crippen LogP contribution in [0.15, 0.2) is 0 Å². The molecular weight excluding hydrogens is 236 g/mol. The molecule has 19 heavy (non-hydrogen) atoms. The summed E-state index contributed by atoms with van der Waals surface area (Å²) < 4.78 is 0. The van der Waals surface area contributed by atoms with E-state index in [-0.39, 0.29) is 0 Å². The van der Waals surface area contributed by atoms with Crippen LogP contribution >= 0.6 is 0 Å². The zero-order valence-electron chi connectivity index (χ0n) is 12.1. The van der Waals surface area contributed by atoms with Crippen LogP contribution in [0.25, 0.3) is 0 Å². The maximum atomic E-state index is 12.5. The van der Waals surface area contributed by atoms with Gasteiger partial charge in [-0.2, -0.15) is 0 Å². The second-order valence-corrected chi connectivity index (χ2v) is 6.69. The summed E-state index contributed by atoms with van der Waals surface area (Å²) in [5.41, 5.74) is 0. The molecular formula is C16H28N2O. The lowest BCUT2D eigenvalue weighted by Gasteiger charge is -2.34. The number of hydrogen-bond donors (Lipinski definition) is 1. The Kier molecular flexibility index (Phi) is 4.42. The van der Waals surface area contributed by atoms with Crippen molar-refractivity contribution in [2.24, 2.45) is 5.92 Å². The van der Waals surface area contributed by atoms with E-state index in [0.29, 0.717) is 18.0 Å². The summed E-state index contributed by atoms with van der Waals surface area (Å²) in [5, 5.41) is 3.46. The Balaban J connectivity index is 1.56. The molecule has 2 saturated heterocycles. The lowest BCUT2D eigenvalue weighted by atomic mass is 9.83. The SMILES string of the molecule is O=C(CC1CCCN1)N1CCCC1C1CCCCC1. The maximum Gasteiger partial charge on any atom is 0.224 e. The summed E-state index contributed by atoms with van der Waals surface area (Å²) >= 11 is 0. The summed E-state index contributed by atoms with van der Waals surface area (Å²) in [4.78, 5) is 14.8. The maximum absolute atomic E-state index is 12.5. The van der Waals surface area contributed by atoms with E-state index in [4.69, 9.17) is 0 Å². The molecule has 0 aromatic rings. The highest BCUT2D eigenvalue weighted by atomic mass is 16.2. The second kappa shape index (κ2) is 6.25. The van der Waals surface area contributed by atoms with Crippen molar-refractivity contribution in [2.45, 2.75) is 76.3 Å². The second-order valence-electron chi connectivity index (χ2n) is 6.69. The van der Waals surface area contributed by atoms with Crippen molar-refractivity contribution in [2.75, 3.05) is 13.1 Å². The van der Waals surface area contributed by atoms with Crippen LogP contribution in [0.1, 0.15) is 64.2 Å². The van der Waals surface area contributed by atoms with Gasteiger partial charge in [0.1, 0.15) is 0 Å². The molecule has 3 nitrogen and oxygen atoms in total. The molecule has 2 unspecified atom stereocenters. The molecule has 0 radical (unpaired) electrons. The van der Waals surface area contributed by atoms with Crippen LogP contribution in [0.3, 0.4) is 0 Å². The number of carbonyl (C=O) groups excluding carboxylic acids is 1. The van der Waals surface area contributed by atoms with E-state index in [1.165, 1.54) is 57.8 Å². The number of rotatable bonds is 3. The van der Waals surface area contributed by atoms with Gasteiger partial charge in [0.05, 0.1) is 0 Å². The summed E-state index contributed by atoms with van der Waals surface area (Å²) in [6, 6.07) is 1.04. The third-order valence-electron chi connectivity index (χ3n) is 5.40. The summed E-state index contributed by atoms with van der Waals surface area (Å²) in [5.74, 6) is 1.23. The lowest BCUT2D eigenvalue weighted by Crippen LogP contribution is -2.42. The van der Waals surface area contributed by atoms with Gasteiger partial charge in [0.2, 0.25) is 5.91 Å². The van der Waals surface area contributed by atoms with Crippen molar-refractivity contribution >= 4 is 5.91 Å². The van der Waals surface area contributed by atoms with Crippen molar-refractivity contribution in [1.82, 2.24) is 10.2 Å². The quantitative estimate of drug-likeness (QED) is 0.850. The number of amides is 1. The molecule has 0 spiro atoms. The Labute approximate surface area is 117 Å². The van der Waals surface area contributed by atoms with E-state index < -0.39 is 0 Å². The normalized spacial score (nSPS) is 32.9. The highest BCUT2D eigenvalue weighted by Gasteiger charge is 2.35. The van der Waals surface area contributed by atoms with Gasteiger partial charge >= 0.3 is 0 Å². The zero-order chi connectivity index (χ0) is 13.1. The van der Waals surface area contributed by atoms with Crippen LogP contribution in [0, 0.1) is 5.92 Å². The van der Waals surface area contributed by atoms with E-state index in [1.807, 2.05) is 0 Å². The molecule has 0 bridgehead atoms. The Bertz CT molecular complexity index is 306. The van der Waals surface area contributed by atoms with Gasteiger partial charge in [-0.1, -0.05) is 19.3 Å². The molecule has 2 heterocycles. The molecule has 1 saturated carbocycles. The van der Waals surface area contributed by atoms with Gasteiger partial charge < -0.3 is 10.2 Å².